The molecule has 1 aliphatic heterocycles. The molecular weight excluding hydrogens is 286 g/mol. The van der Waals surface area contributed by atoms with Crippen molar-refractivity contribution in [3.05, 3.63) is 66.0 Å². The van der Waals surface area contributed by atoms with Crippen LogP contribution in [0.4, 0.5) is 0 Å². The van der Waals surface area contributed by atoms with Crippen molar-refractivity contribution in [3.8, 4) is 0 Å². The van der Waals surface area contributed by atoms with Crippen molar-refractivity contribution in [2.75, 3.05) is 0 Å². The number of hydrogen-bond acceptors (Lipinski definition) is 5. The van der Waals surface area contributed by atoms with Crippen LogP contribution in [0.15, 0.2) is 49.3 Å². The number of carbonyl (C=O) groups excluding carboxylic acids is 3. The summed E-state index contributed by atoms with van der Waals surface area (Å²) in [6.45, 7) is 3.99. The number of carbonyl (C=O) groups is 3. The van der Waals surface area contributed by atoms with Crippen LogP contribution in [0.3, 0.4) is 0 Å². The van der Waals surface area contributed by atoms with Crippen molar-refractivity contribution in [2.24, 2.45) is 0 Å². The van der Waals surface area contributed by atoms with Crippen molar-refractivity contribution >= 4 is 17.8 Å². The second-order valence-corrected chi connectivity index (χ2v) is 4.57. The Morgan fingerprint density at radius 2 is 1.86 bits per heavy atom. The number of rotatable bonds is 4. The molecule has 0 fully saturated rings. The van der Waals surface area contributed by atoms with E-state index >= 15 is 0 Å². The zero-order valence-corrected chi connectivity index (χ0v) is 11.4. The lowest BCUT2D eigenvalue weighted by Gasteiger charge is -2.11. The Morgan fingerprint density at radius 1 is 1.23 bits per heavy atom. The first-order chi connectivity index (χ1) is 10.6. The van der Waals surface area contributed by atoms with Crippen LogP contribution in [0.1, 0.15) is 31.1 Å². The van der Waals surface area contributed by atoms with E-state index in [4.69, 9.17) is 4.84 Å². The van der Waals surface area contributed by atoms with Gasteiger partial charge in [0.25, 0.3) is 11.8 Å². The lowest BCUT2D eigenvalue weighted by molar-refractivity contribution is -0.0584. The standard InChI is InChI=1S/C15H11N3O4/c1-2-7-17-9-10(8-16-17)15(21)22-18-13(19)11-5-3-4-6-12(11)14(18)20/h2-6,8-9H,1,7H2. The van der Waals surface area contributed by atoms with Gasteiger partial charge >= 0.3 is 5.97 Å². The van der Waals surface area contributed by atoms with Crippen LogP contribution < -0.4 is 0 Å². The first kappa shape index (κ1) is 13.7. The Bertz CT molecular complexity index is 759. The molecule has 2 amide bonds. The minimum absolute atomic E-state index is 0.137. The molecule has 0 spiro atoms. The molecule has 2 heterocycles. The van der Waals surface area contributed by atoms with Crippen LogP contribution in [0, 0.1) is 0 Å². The molecule has 0 saturated heterocycles. The molecule has 7 nitrogen and oxygen atoms in total. The zero-order chi connectivity index (χ0) is 15.7. The first-order valence-electron chi connectivity index (χ1n) is 6.45. The van der Waals surface area contributed by atoms with Crippen LogP contribution in [0.5, 0.6) is 0 Å². The molecule has 22 heavy (non-hydrogen) atoms. The maximum absolute atomic E-state index is 12.1. The number of aromatic nitrogens is 2. The van der Waals surface area contributed by atoms with Gasteiger partial charge in [0.05, 0.1) is 29.4 Å². The van der Waals surface area contributed by atoms with E-state index < -0.39 is 17.8 Å². The first-order valence-corrected chi connectivity index (χ1v) is 6.45. The number of allylic oxidation sites excluding steroid dienone is 1. The van der Waals surface area contributed by atoms with E-state index in [2.05, 4.69) is 11.7 Å². The molecule has 1 aromatic carbocycles. The van der Waals surface area contributed by atoms with E-state index in [-0.39, 0.29) is 16.7 Å². The number of amides is 2. The summed E-state index contributed by atoms with van der Waals surface area (Å²) in [4.78, 5) is 41.1. The number of benzene rings is 1. The second kappa shape index (κ2) is 5.28. The van der Waals surface area contributed by atoms with E-state index in [9.17, 15) is 14.4 Å². The molecule has 0 bridgehead atoms. The Labute approximate surface area is 125 Å². The van der Waals surface area contributed by atoms with Crippen LogP contribution >= 0.6 is 0 Å². The molecule has 0 unspecified atom stereocenters. The van der Waals surface area contributed by atoms with Gasteiger partial charge in [0.15, 0.2) is 0 Å². The van der Waals surface area contributed by atoms with Gasteiger partial charge in [-0.15, -0.1) is 6.58 Å². The van der Waals surface area contributed by atoms with Crippen molar-refractivity contribution in [3.63, 3.8) is 0 Å². The smallest absolute Gasteiger partial charge is 0.324 e. The SMILES string of the molecule is C=CCn1cc(C(=O)ON2C(=O)c3ccccc3C2=O)cn1. The quantitative estimate of drug-likeness (QED) is 0.630. The zero-order valence-electron chi connectivity index (χ0n) is 11.4. The average Bonchev–Trinajstić information content (AvgIpc) is 3.08. The monoisotopic (exact) mass is 297 g/mol. The van der Waals surface area contributed by atoms with Crippen molar-refractivity contribution in [1.82, 2.24) is 14.8 Å². The fourth-order valence-corrected chi connectivity index (χ4v) is 2.09. The Hall–Kier alpha value is -3.22. The van der Waals surface area contributed by atoms with Gasteiger partial charge in [-0.05, 0) is 12.1 Å². The number of hydrogen-bond donors (Lipinski definition) is 0. The third kappa shape index (κ3) is 2.18. The number of fused-ring (bicyclic) bond motifs is 1. The summed E-state index contributed by atoms with van der Waals surface area (Å²) in [6.07, 6.45) is 4.36. The van der Waals surface area contributed by atoms with Gasteiger partial charge in [-0.2, -0.15) is 5.10 Å². The molecule has 0 atom stereocenters. The Morgan fingerprint density at radius 3 is 2.45 bits per heavy atom. The largest absolute Gasteiger partial charge is 0.367 e. The van der Waals surface area contributed by atoms with E-state index in [0.717, 1.165) is 0 Å². The number of nitrogens with zero attached hydrogens (tertiary/aromatic N) is 3. The summed E-state index contributed by atoms with van der Waals surface area (Å²) in [5.41, 5.74) is 0.559. The van der Waals surface area contributed by atoms with Gasteiger partial charge in [0.2, 0.25) is 0 Å². The molecular formula is C15H11N3O4. The highest BCUT2D eigenvalue weighted by atomic mass is 16.7. The van der Waals surface area contributed by atoms with E-state index in [0.29, 0.717) is 11.6 Å². The number of imide groups is 1. The number of hydroxylamine groups is 2. The average molecular weight is 297 g/mol. The van der Waals surface area contributed by atoms with Gasteiger partial charge in [-0.3, -0.25) is 14.3 Å². The van der Waals surface area contributed by atoms with Gasteiger partial charge in [-0.25, -0.2) is 4.79 Å². The van der Waals surface area contributed by atoms with E-state index in [1.165, 1.54) is 29.2 Å². The van der Waals surface area contributed by atoms with Crippen molar-refractivity contribution < 1.29 is 19.2 Å². The highest BCUT2D eigenvalue weighted by molar-refractivity contribution is 6.21. The van der Waals surface area contributed by atoms with Gasteiger partial charge in [0.1, 0.15) is 0 Å². The van der Waals surface area contributed by atoms with Crippen molar-refractivity contribution in [1.29, 1.82) is 0 Å². The Balaban J connectivity index is 1.79. The predicted octanol–water partition coefficient (Wildman–Crippen LogP) is 1.44. The minimum atomic E-state index is -0.829. The molecule has 0 aliphatic carbocycles. The van der Waals surface area contributed by atoms with E-state index in [1.54, 1.807) is 18.2 Å². The normalized spacial score (nSPS) is 13.2. The van der Waals surface area contributed by atoms with E-state index in [1.807, 2.05) is 0 Å². The molecule has 110 valence electrons. The summed E-state index contributed by atoms with van der Waals surface area (Å²) in [5, 5.41) is 4.41. The maximum atomic E-state index is 12.1. The minimum Gasteiger partial charge on any atom is -0.324 e. The molecule has 0 radical (unpaired) electrons. The predicted molar refractivity (Wildman–Crippen MR) is 74.8 cm³/mol. The summed E-state index contributed by atoms with van der Waals surface area (Å²) in [7, 11) is 0. The highest BCUT2D eigenvalue weighted by Gasteiger charge is 2.38. The second-order valence-electron chi connectivity index (χ2n) is 4.57. The molecule has 0 saturated carbocycles. The molecule has 1 aliphatic rings. The van der Waals surface area contributed by atoms with Gasteiger partial charge in [-0.1, -0.05) is 23.3 Å². The summed E-state index contributed by atoms with van der Waals surface area (Å²) < 4.78 is 1.48. The van der Waals surface area contributed by atoms with Gasteiger partial charge in [0, 0.05) is 6.20 Å². The fraction of sp³-hybridized carbons (Fsp3) is 0.0667. The lowest BCUT2D eigenvalue weighted by atomic mass is 10.1. The Kier molecular flexibility index (Phi) is 3.30. The van der Waals surface area contributed by atoms with Crippen molar-refractivity contribution in [2.45, 2.75) is 6.54 Å². The van der Waals surface area contributed by atoms with Gasteiger partial charge < -0.3 is 4.84 Å². The summed E-state index contributed by atoms with van der Waals surface area (Å²) >= 11 is 0. The molecule has 0 N–H and O–H groups in total. The lowest BCUT2D eigenvalue weighted by Crippen LogP contribution is -2.32. The molecule has 3 rings (SSSR count). The highest BCUT2D eigenvalue weighted by Crippen LogP contribution is 2.23. The topological polar surface area (TPSA) is 81.5 Å². The van der Waals surface area contributed by atoms with Crippen LogP contribution in [-0.4, -0.2) is 32.6 Å². The molecule has 2 aromatic rings. The summed E-state index contributed by atoms with van der Waals surface area (Å²) in [5.74, 6) is -2.15. The van der Waals surface area contributed by atoms with Crippen LogP contribution in [0.2, 0.25) is 0 Å². The van der Waals surface area contributed by atoms with Crippen LogP contribution in [0.25, 0.3) is 0 Å². The molecule has 7 heteroatoms. The third-order valence-electron chi connectivity index (χ3n) is 3.12. The fourth-order valence-electron chi connectivity index (χ4n) is 2.09. The summed E-state index contributed by atoms with van der Waals surface area (Å²) in [6, 6.07) is 6.28. The third-order valence-corrected chi connectivity index (χ3v) is 3.12. The maximum Gasteiger partial charge on any atom is 0.367 e. The van der Waals surface area contributed by atoms with Crippen LogP contribution in [-0.2, 0) is 11.4 Å². The molecule has 1 aromatic heterocycles.